The summed E-state index contributed by atoms with van der Waals surface area (Å²) in [6.45, 7) is 7.56. The molecular weight excluding hydrogens is 260 g/mol. The standard InChI is InChI=1S/C18H36N2O/c1-5-6-8-11-17(2,3)15-20-16(21)14-18(19-4)12-9-7-10-13-18/h19H,5-15H2,1-4H3,(H,20,21). The number of unbranched alkanes of at least 4 members (excludes halogenated alkanes) is 2. The maximum absolute atomic E-state index is 12.3. The van der Waals surface area contributed by atoms with E-state index in [1.165, 1.54) is 44.9 Å². The van der Waals surface area contributed by atoms with E-state index in [0.29, 0.717) is 6.42 Å². The van der Waals surface area contributed by atoms with Gasteiger partial charge in [0.25, 0.3) is 0 Å². The van der Waals surface area contributed by atoms with Crippen molar-refractivity contribution in [3.63, 3.8) is 0 Å². The summed E-state index contributed by atoms with van der Waals surface area (Å²) < 4.78 is 0. The predicted octanol–water partition coefficient (Wildman–Crippen LogP) is 4.02. The lowest BCUT2D eigenvalue weighted by Gasteiger charge is -2.37. The van der Waals surface area contributed by atoms with E-state index in [0.717, 1.165) is 19.4 Å². The number of hydrogen-bond acceptors (Lipinski definition) is 2. The molecule has 0 atom stereocenters. The van der Waals surface area contributed by atoms with E-state index in [1.54, 1.807) is 0 Å². The van der Waals surface area contributed by atoms with Crippen molar-refractivity contribution in [1.82, 2.24) is 10.6 Å². The SMILES string of the molecule is CCCCCC(C)(C)CNC(=O)CC1(NC)CCCCC1. The molecule has 0 spiro atoms. The molecule has 1 saturated carbocycles. The van der Waals surface area contributed by atoms with Crippen LogP contribution in [-0.4, -0.2) is 25.0 Å². The zero-order valence-corrected chi connectivity index (χ0v) is 14.7. The minimum Gasteiger partial charge on any atom is -0.356 e. The van der Waals surface area contributed by atoms with Crippen molar-refractivity contribution in [2.24, 2.45) is 5.41 Å². The molecule has 1 amide bonds. The van der Waals surface area contributed by atoms with Crippen LogP contribution in [0.1, 0.15) is 85.0 Å². The molecule has 2 N–H and O–H groups in total. The Morgan fingerprint density at radius 3 is 2.38 bits per heavy atom. The Hall–Kier alpha value is -0.570. The van der Waals surface area contributed by atoms with Crippen LogP contribution in [-0.2, 0) is 4.79 Å². The normalized spacial score (nSPS) is 18.5. The molecule has 0 aromatic rings. The lowest BCUT2D eigenvalue weighted by Crippen LogP contribution is -2.49. The van der Waals surface area contributed by atoms with Crippen molar-refractivity contribution < 1.29 is 4.79 Å². The van der Waals surface area contributed by atoms with E-state index in [-0.39, 0.29) is 16.9 Å². The molecule has 21 heavy (non-hydrogen) atoms. The lowest BCUT2D eigenvalue weighted by molar-refractivity contribution is -0.123. The van der Waals surface area contributed by atoms with Crippen molar-refractivity contribution in [2.45, 2.75) is 90.5 Å². The molecule has 3 heteroatoms. The van der Waals surface area contributed by atoms with Gasteiger partial charge in [0, 0.05) is 18.5 Å². The molecule has 0 heterocycles. The summed E-state index contributed by atoms with van der Waals surface area (Å²) in [6, 6.07) is 0. The third-order valence-corrected chi connectivity index (χ3v) is 5.06. The summed E-state index contributed by atoms with van der Waals surface area (Å²) >= 11 is 0. The topological polar surface area (TPSA) is 41.1 Å². The van der Waals surface area contributed by atoms with Crippen LogP contribution in [0, 0.1) is 5.41 Å². The van der Waals surface area contributed by atoms with Gasteiger partial charge >= 0.3 is 0 Å². The first-order chi connectivity index (χ1) is 9.93. The smallest absolute Gasteiger partial charge is 0.221 e. The van der Waals surface area contributed by atoms with Crippen LogP contribution in [0.3, 0.4) is 0 Å². The summed E-state index contributed by atoms with van der Waals surface area (Å²) in [7, 11) is 2.01. The molecular formula is C18H36N2O. The third kappa shape index (κ3) is 6.82. The monoisotopic (exact) mass is 296 g/mol. The second-order valence-corrected chi connectivity index (χ2v) is 7.67. The van der Waals surface area contributed by atoms with Crippen LogP contribution in [0.4, 0.5) is 0 Å². The minimum atomic E-state index is 0.0503. The fourth-order valence-corrected chi connectivity index (χ4v) is 3.39. The summed E-state index contributed by atoms with van der Waals surface area (Å²) in [5.41, 5.74) is 0.263. The highest BCUT2D eigenvalue weighted by Crippen LogP contribution is 2.31. The van der Waals surface area contributed by atoms with Crippen LogP contribution < -0.4 is 10.6 Å². The molecule has 1 fully saturated rings. The Balaban J connectivity index is 2.35. The number of rotatable bonds is 9. The summed E-state index contributed by atoms with van der Waals surface area (Å²) in [5, 5.41) is 6.60. The zero-order chi connectivity index (χ0) is 15.8. The van der Waals surface area contributed by atoms with Gasteiger partial charge in [0.1, 0.15) is 0 Å². The van der Waals surface area contributed by atoms with Crippen LogP contribution in [0.5, 0.6) is 0 Å². The molecule has 0 saturated heterocycles. The molecule has 0 aliphatic heterocycles. The van der Waals surface area contributed by atoms with E-state index >= 15 is 0 Å². The average Bonchev–Trinajstić information content (AvgIpc) is 2.46. The van der Waals surface area contributed by atoms with Gasteiger partial charge in [-0.05, 0) is 31.7 Å². The highest BCUT2D eigenvalue weighted by molar-refractivity contribution is 5.77. The van der Waals surface area contributed by atoms with Gasteiger partial charge in [0.15, 0.2) is 0 Å². The van der Waals surface area contributed by atoms with E-state index in [9.17, 15) is 4.79 Å². The Morgan fingerprint density at radius 1 is 1.14 bits per heavy atom. The number of hydrogen-bond donors (Lipinski definition) is 2. The van der Waals surface area contributed by atoms with E-state index < -0.39 is 0 Å². The third-order valence-electron chi connectivity index (χ3n) is 5.06. The molecule has 3 nitrogen and oxygen atoms in total. The zero-order valence-electron chi connectivity index (χ0n) is 14.7. The summed E-state index contributed by atoms with van der Waals surface area (Å²) in [5.74, 6) is 0.217. The van der Waals surface area contributed by atoms with Gasteiger partial charge in [-0.15, -0.1) is 0 Å². The first kappa shape index (κ1) is 18.5. The molecule has 0 unspecified atom stereocenters. The number of carbonyl (C=O) groups is 1. The van der Waals surface area contributed by atoms with Gasteiger partial charge in [0.05, 0.1) is 0 Å². The molecule has 124 valence electrons. The van der Waals surface area contributed by atoms with Gasteiger partial charge in [-0.3, -0.25) is 4.79 Å². The van der Waals surface area contributed by atoms with Gasteiger partial charge in [-0.2, -0.15) is 0 Å². The van der Waals surface area contributed by atoms with Crippen molar-refractivity contribution in [3.8, 4) is 0 Å². The number of carbonyl (C=O) groups excluding carboxylic acids is 1. The summed E-state index contributed by atoms with van der Waals surface area (Å²) in [4.78, 5) is 12.3. The van der Waals surface area contributed by atoms with E-state index in [2.05, 4.69) is 31.4 Å². The lowest BCUT2D eigenvalue weighted by atomic mass is 9.79. The predicted molar refractivity (Wildman–Crippen MR) is 90.4 cm³/mol. The maximum atomic E-state index is 12.3. The Kier molecular flexibility index (Phi) is 7.72. The highest BCUT2D eigenvalue weighted by atomic mass is 16.1. The molecule has 1 aliphatic rings. The van der Waals surface area contributed by atoms with Crippen LogP contribution in [0.2, 0.25) is 0 Å². The van der Waals surface area contributed by atoms with Crippen molar-refractivity contribution in [2.75, 3.05) is 13.6 Å². The maximum Gasteiger partial charge on any atom is 0.221 e. The largest absolute Gasteiger partial charge is 0.356 e. The first-order valence-electron chi connectivity index (χ1n) is 8.89. The van der Waals surface area contributed by atoms with Gasteiger partial charge in [-0.1, -0.05) is 59.3 Å². The first-order valence-corrected chi connectivity index (χ1v) is 8.89. The van der Waals surface area contributed by atoms with Gasteiger partial charge < -0.3 is 10.6 Å². The van der Waals surface area contributed by atoms with E-state index in [1.807, 2.05) is 7.05 Å². The van der Waals surface area contributed by atoms with Gasteiger partial charge in [0.2, 0.25) is 5.91 Å². The van der Waals surface area contributed by atoms with Gasteiger partial charge in [-0.25, -0.2) is 0 Å². The van der Waals surface area contributed by atoms with Crippen molar-refractivity contribution in [1.29, 1.82) is 0 Å². The number of nitrogens with one attached hydrogen (secondary N) is 2. The second-order valence-electron chi connectivity index (χ2n) is 7.67. The molecule has 0 bridgehead atoms. The molecule has 1 rings (SSSR count). The average molecular weight is 296 g/mol. The number of amides is 1. The molecule has 1 aliphatic carbocycles. The van der Waals surface area contributed by atoms with Crippen LogP contribution >= 0.6 is 0 Å². The second kappa shape index (κ2) is 8.77. The fourth-order valence-electron chi connectivity index (χ4n) is 3.39. The van der Waals surface area contributed by atoms with Crippen molar-refractivity contribution in [3.05, 3.63) is 0 Å². The molecule has 0 aromatic heterocycles. The van der Waals surface area contributed by atoms with E-state index in [4.69, 9.17) is 0 Å². The Morgan fingerprint density at radius 2 is 1.81 bits per heavy atom. The molecule has 0 aromatic carbocycles. The quantitative estimate of drug-likeness (QED) is 0.631. The Labute approximate surface area is 131 Å². The summed E-state index contributed by atoms with van der Waals surface area (Å²) in [6.07, 6.45) is 11.7. The fraction of sp³-hybridized carbons (Fsp3) is 0.944. The molecule has 0 radical (unpaired) electrons. The minimum absolute atomic E-state index is 0.0503. The Bertz CT molecular complexity index is 306. The van der Waals surface area contributed by atoms with Crippen LogP contribution in [0.15, 0.2) is 0 Å². The highest BCUT2D eigenvalue weighted by Gasteiger charge is 2.32. The van der Waals surface area contributed by atoms with Crippen molar-refractivity contribution >= 4 is 5.91 Å². The van der Waals surface area contributed by atoms with Crippen LogP contribution in [0.25, 0.3) is 0 Å².